The molecule has 3 saturated carbocycles. The molecule has 4 rings (SSSR count). The van der Waals surface area contributed by atoms with E-state index in [0.29, 0.717) is 30.3 Å². The zero-order chi connectivity index (χ0) is 17.9. The molecule has 0 bridgehead atoms. The Morgan fingerprint density at radius 3 is 2.60 bits per heavy atom. The first kappa shape index (κ1) is 17.6. The zero-order valence-corrected chi connectivity index (χ0v) is 16.1. The summed E-state index contributed by atoms with van der Waals surface area (Å²) in [4.78, 5) is 0. The average Bonchev–Trinajstić information content (AvgIpc) is 2.84. The molecule has 0 aromatic rings. The summed E-state index contributed by atoms with van der Waals surface area (Å²) in [6.45, 7) is 6.72. The topological polar surface area (TPSA) is 40.5 Å². The molecule has 0 aromatic carbocycles. The van der Waals surface area contributed by atoms with Crippen LogP contribution < -0.4 is 0 Å². The van der Waals surface area contributed by atoms with Crippen LogP contribution in [0, 0.1) is 46.3 Å². The van der Waals surface area contributed by atoms with Crippen LogP contribution in [0.15, 0.2) is 11.6 Å². The molecule has 2 heteroatoms. The van der Waals surface area contributed by atoms with E-state index in [1.54, 1.807) is 0 Å². The Bertz CT molecular complexity index is 636. The van der Waals surface area contributed by atoms with Crippen LogP contribution in [0.1, 0.15) is 72.1 Å². The highest BCUT2D eigenvalue weighted by molar-refractivity contribution is 5.36. The van der Waals surface area contributed by atoms with Crippen molar-refractivity contribution in [3.63, 3.8) is 0 Å². The molecular formula is C23H34O2. The smallest absolute Gasteiger partial charge is 0.0675 e. The fraction of sp³-hybridized carbons (Fsp3) is 0.826. The lowest BCUT2D eigenvalue weighted by Gasteiger charge is -2.58. The van der Waals surface area contributed by atoms with Gasteiger partial charge in [0, 0.05) is 6.61 Å². The van der Waals surface area contributed by atoms with E-state index >= 15 is 0 Å². The molecule has 0 heterocycles. The molecular weight excluding hydrogens is 308 g/mol. The second-order valence-electron chi connectivity index (χ2n) is 9.75. The minimum absolute atomic E-state index is 0.0547. The van der Waals surface area contributed by atoms with Gasteiger partial charge in [-0.25, -0.2) is 0 Å². The summed E-state index contributed by atoms with van der Waals surface area (Å²) < 4.78 is 0. The quantitative estimate of drug-likeness (QED) is 0.550. The van der Waals surface area contributed by atoms with Crippen LogP contribution in [0.3, 0.4) is 0 Å². The third-order valence-electron chi connectivity index (χ3n) is 8.90. The van der Waals surface area contributed by atoms with Crippen LogP contribution in [-0.2, 0) is 0 Å². The third kappa shape index (κ3) is 2.31. The zero-order valence-electron chi connectivity index (χ0n) is 16.1. The van der Waals surface area contributed by atoms with E-state index in [1.165, 1.54) is 18.4 Å². The van der Waals surface area contributed by atoms with Crippen molar-refractivity contribution in [3.8, 4) is 11.8 Å². The van der Waals surface area contributed by atoms with Crippen LogP contribution >= 0.6 is 0 Å². The standard InChI is InChI=1S/C23H34O2/c1-4-10-23-13-7-16(15-24)14-17(23)5-6-18-19-9-12-22(3,25)21(19,2)11-8-20(18)23/h5,16,18-20,24-25H,6-9,11-15H2,1-3H3/t16?,18?,19?,20?,21?,22-,23?/m0/s1. The minimum atomic E-state index is -0.509. The second kappa shape index (κ2) is 5.86. The summed E-state index contributed by atoms with van der Waals surface area (Å²) in [5.41, 5.74) is 1.15. The predicted molar refractivity (Wildman–Crippen MR) is 101 cm³/mol. The minimum Gasteiger partial charge on any atom is -0.396 e. The van der Waals surface area contributed by atoms with Gasteiger partial charge in [-0.1, -0.05) is 24.5 Å². The molecule has 2 nitrogen and oxygen atoms in total. The fourth-order valence-electron chi connectivity index (χ4n) is 7.24. The number of fused-ring (bicyclic) bond motifs is 5. The lowest BCUT2D eigenvalue weighted by atomic mass is 9.46. The van der Waals surface area contributed by atoms with E-state index in [0.717, 1.165) is 38.5 Å². The van der Waals surface area contributed by atoms with Crippen molar-refractivity contribution in [1.29, 1.82) is 0 Å². The third-order valence-corrected chi connectivity index (χ3v) is 8.90. The van der Waals surface area contributed by atoms with Gasteiger partial charge in [0.1, 0.15) is 0 Å². The molecule has 138 valence electrons. The molecule has 6 unspecified atom stereocenters. The van der Waals surface area contributed by atoms with E-state index in [2.05, 4.69) is 31.8 Å². The van der Waals surface area contributed by atoms with E-state index in [-0.39, 0.29) is 10.8 Å². The maximum Gasteiger partial charge on any atom is 0.0675 e. The molecule has 0 radical (unpaired) electrons. The van der Waals surface area contributed by atoms with E-state index in [9.17, 15) is 10.2 Å². The van der Waals surface area contributed by atoms with Gasteiger partial charge in [0.15, 0.2) is 0 Å². The van der Waals surface area contributed by atoms with Crippen LogP contribution in [0.4, 0.5) is 0 Å². The summed E-state index contributed by atoms with van der Waals surface area (Å²) in [6.07, 6.45) is 11.4. The Balaban J connectivity index is 1.72. The van der Waals surface area contributed by atoms with Gasteiger partial charge in [-0.15, -0.1) is 5.92 Å². The molecule has 25 heavy (non-hydrogen) atoms. The molecule has 4 aliphatic rings. The summed E-state index contributed by atoms with van der Waals surface area (Å²) in [6, 6.07) is 0. The summed E-state index contributed by atoms with van der Waals surface area (Å²) in [5.74, 6) is 9.34. The molecule has 0 amide bonds. The number of hydrogen-bond donors (Lipinski definition) is 2. The van der Waals surface area contributed by atoms with Gasteiger partial charge in [-0.3, -0.25) is 0 Å². The largest absolute Gasteiger partial charge is 0.396 e. The summed E-state index contributed by atoms with van der Waals surface area (Å²) >= 11 is 0. The molecule has 0 aromatic heterocycles. The van der Waals surface area contributed by atoms with Crippen molar-refractivity contribution in [2.45, 2.75) is 77.7 Å². The van der Waals surface area contributed by atoms with Gasteiger partial charge in [-0.2, -0.15) is 0 Å². The maximum atomic E-state index is 11.0. The Hall–Kier alpha value is -0.780. The monoisotopic (exact) mass is 342 g/mol. The van der Waals surface area contributed by atoms with E-state index in [1.807, 2.05) is 6.92 Å². The predicted octanol–water partition coefficient (Wildman–Crippen LogP) is 4.31. The first-order valence-corrected chi connectivity index (χ1v) is 10.3. The Labute approximate surface area is 153 Å². The Morgan fingerprint density at radius 2 is 1.88 bits per heavy atom. The van der Waals surface area contributed by atoms with Crippen molar-refractivity contribution in [2.24, 2.45) is 34.5 Å². The van der Waals surface area contributed by atoms with Gasteiger partial charge < -0.3 is 10.2 Å². The maximum absolute atomic E-state index is 11.0. The second-order valence-corrected chi connectivity index (χ2v) is 9.75. The van der Waals surface area contributed by atoms with E-state index < -0.39 is 5.60 Å². The average molecular weight is 343 g/mol. The fourth-order valence-corrected chi connectivity index (χ4v) is 7.24. The van der Waals surface area contributed by atoms with Crippen LogP contribution in [0.25, 0.3) is 0 Å². The lowest BCUT2D eigenvalue weighted by Crippen LogP contribution is -2.54. The van der Waals surface area contributed by atoms with Crippen molar-refractivity contribution in [3.05, 3.63) is 11.6 Å². The summed E-state index contributed by atoms with van der Waals surface area (Å²) in [7, 11) is 0. The normalized spacial score (nSPS) is 51.5. The van der Waals surface area contributed by atoms with Crippen LogP contribution in [0.5, 0.6) is 0 Å². The summed E-state index contributed by atoms with van der Waals surface area (Å²) in [5, 5.41) is 20.7. The Morgan fingerprint density at radius 1 is 1.12 bits per heavy atom. The highest BCUT2D eigenvalue weighted by Gasteiger charge is 2.62. The molecule has 7 atom stereocenters. The van der Waals surface area contributed by atoms with Gasteiger partial charge in [0.25, 0.3) is 0 Å². The first-order chi connectivity index (χ1) is 11.9. The molecule has 2 N–H and O–H groups in total. The molecule has 0 saturated heterocycles. The highest BCUT2D eigenvalue weighted by atomic mass is 16.3. The Kier molecular flexibility index (Phi) is 4.13. The SMILES string of the molecule is CC#CC12CCC(CO)CC1=CCC1C2CCC2(C)C1CC[C@]2(C)O. The number of rotatable bonds is 1. The van der Waals surface area contributed by atoms with Crippen molar-refractivity contribution in [1.82, 2.24) is 0 Å². The number of aliphatic hydroxyl groups is 2. The first-order valence-electron chi connectivity index (χ1n) is 10.3. The van der Waals surface area contributed by atoms with Crippen molar-refractivity contribution < 1.29 is 10.2 Å². The number of hydrogen-bond acceptors (Lipinski definition) is 2. The van der Waals surface area contributed by atoms with Crippen LogP contribution in [-0.4, -0.2) is 22.4 Å². The molecule has 0 aliphatic heterocycles. The number of allylic oxidation sites excluding steroid dienone is 2. The molecule has 3 fully saturated rings. The van der Waals surface area contributed by atoms with Crippen molar-refractivity contribution in [2.75, 3.05) is 6.61 Å². The molecule has 4 aliphatic carbocycles. The number of aliphatic hydroxyl groups excluding tert-OH is 1. The van der Waals surface area contributed by atoms with Gasteiger partial charge in [0.05, 0.1) is 11.0 Å². The lowest BCUT2D eigenvalue weighted by molar-refractivity contribution is -0.110. The van der Waals surface area contributed by atoms with Crippen LogP contribution in [0.2, 0.25) is 0 Å². The van der Waals surface area contributed by atoms with Gasteiger partial charge >= 0.3 is 0 Å². The molecule has 0 spiro atoms. The highest BCUT2D eigenvalue weighted by Crippen LogP contribution is 2.67. The van der Waals surface area contributed by atoms with Gasteiger partial charge in [0.2, 0.25) is 0 Å². The van der Waals surface area contributed by atoms with Gasteiger partial charge in [-0.05, 0) is 94.3 Å². The van der Waals surface area contributed by atoms with E-state index in [4.69, 9.17) is 0 Å². The van der Waals surface area contributed by atoms with Crippen molar-refractivity contribution >= 4 is 0 Å².